The molecule has 0 radical (unpaired) electrons. The molecular weight excluding hydrogens is 400 g/mol. The van der Waals surface area contributed by atoms with Gasteiger partial charge in [0.2, 0.25) is 0 Å². The molecule has 1 amide bonds. The number of rotatable bonds is 5. The Morgan fingerprint density at radius 2 is 2.00 bits per heavy atom. The summed E-state index contributed by atoms with van der Waals surface area (Å²) < 4.78 is 17.1. The second-order valence-corrected chi connectivity index (χ2v) is 6.42. The van der Waals surface area contributed by atoms with E-state index in [0.717, 1.165) is 26.7 Å². The lowest BCUT2D eigenvalue weighted by atomic mass is 10.1. The van der Waals surface area contributed by atoms with Crippen LogP contribution in [0.3, 0.4) is 0 Å². The Kier molecular flexibility index (Phi) is 5.27. The Labute approximate surface area is 158 Å². The molecule has 0 aliphatic carbocycles. The van der Waals surface area contributed by atoms with Gasteiger partial charge >= 0.3 is 5.91 Å². The average molecular weight is 417 g/mol. The number of nitrogens with one attached hydrogen (secondary N) is 1. The van der Waals surface area contributed by atoms with Crippen LogP contribution in [0.1, 0.15) is 21.7 Å². The van der Waals surface area contributed by atoms with Crippen molar-refractivity contribution in [3.8, 4) is 11.5 Å². The van der Waals surface area contributed by atoms with E-state index < -0.39 is 5.91 Å². The smallest absolute Gasteiger partial charge is 0.307 e. The molecule has 0 aliphatic rings. The summed E-state index contributed by atoms with van der Waals surface area (Å²) in [5.41, 5.74) is 4.67. The highest BCUT2D eigenvalue weighted by atomic mass is 79.9. The van der Waals surface area contributed by atoms with Crippen LogP contribution in [0.4, 0.5) is 0 Å². The Hall–Kier alpha value is -2.80. The fourth-order valence-corrected chi connectivity index (χ4v) is 3.01. The van der Waals surface area contributed by atoms with Crippen LogP contribution >= 0.6 is 15.9 Å². The number of hydrogen-bond donors (Lipinski definition) is 1. The third kappa shape index (κ3) is 3.57. The zero-order valence-electron chi connectivity index (χ0n) is 14.5. The molecule has 0 saturated heterocycles. The van der Waals surface area contributed by atoms with Gasteiger partial charge in [-0.1, -0.05) is 15.9 Å². The van der Waals surface area contributed by atoms with Crippen molar-refractivity contribution in [1.29, 1.82) is 0 Å². The summed E-state index contributed by atoms with van der Waals surface area (Å²) in [6.45, 7) is 1.89. The van der Waals surface area contributed by atoms with Gasteiger partial charge in [-0.25, -0.2) is 5.43 Å². The van der Waals surface area contributed by atoms with Crippen LogP contribution in [0, 0.1) is 6.92 Å². The zero-order chi connectivity index (χ0) is 18.7. The number of ether oxygens (including phenoxy) is 2. The molecule has 0 fully saturated rings. The van der Waals surface area contributed by atoms with Gasteiger partial charge < -0.3 is 13.9 Å². The minimum absolute atomic E-state index is 0.188. The number of methoxy groups -OCH3 is 2. The van der Waals surface area contributed by atoms with Crippen LogP contribution in [0.5, 0.6) is 11.5 Å². The van der Waals surface area contributed by atoms with Crippen LogP contribution in [0.25, 0.3) is 11.0 Å². The molecule has 0 spiro atoms. The third-order valence-corrected chi connectivity index (χ3v) is 4.38. The topological polar surface area (TPSA) is 73.1 Å². The Morgan fingerprint density at radius 1 is 1.19 bits per heavy atom. The number of halogens is 1. The van der Waals surface area contributed by atoms with E-state index in [-0.39, 0.29) is 5.76 Å². The molecule has 0 aliphatic heterocycles. The second-order valence-electron chi connectivity index (χ2n) is 5.51. The second kappa shape index (κ2) is 7.61. The van der Waals surface area contributed by atoms with Gasteiger partial charge in [-0.2, -0.15) is 5.10 Å². The van der Waals surface area contributed by atoms with Crippen LogP contribution in [-0.4, -0.2) is 26.3 Å². The maximum Gasteiger partial charge on any atom is 0.307 e. The molecule has 1 N–H and O–H groups in total. The number of fused-ring (bicyclic) bond motifs is 1. The van der Waals surface area contributed by atoms with E-state index in [1.807, 2.05) is 25.1 Å². The third-order valence-electron chi connectivity index (χ3n) is 3.88. The lowest BCUT2D eigenvalue weighted by Crippen LogP contribution is -2.16. The minimum Gasteiger partial charge on any atom is -0.496 e. The highest BCUT2D eigenvalue weighted by molar-refractivity contribution is 9.10. The monoisotopic (exact) mass is 416 g/mol. The average Bonchev–Trinajstić information content (AvgIpc) is 3.05. The molecule has 26 heavy (non-hydrogen) atoms. The summed E-state index contributed by atoms with van der Waals surface area (Å²) >= 11 is 3.39. The van der Waals surface area contributed by atoms with E-state index in [1.54, 1.807) is 32.4 Å². The van der Waals surface area contributed by atoms with Crippen molar-refractivity contribution in [2.24, 2.45) is 5.10 Å². The van der Waals surface area contributed by atoms with Crippen molar-refractivity contribution in [2.75, 3.05) is 14.2 Å². The first-order valence-electron chi connectivity index (χ1n) is 7.77. The van der Waals surface area contributed by atoms with Gasteiger partial charge in [0.05, 0.1) is 20.4 Å². The fraction of sp³-hybridized carbons (Fsp3) is 0.158. The Balaban J connectivity index is 1.77. The van der Waals surface area contributed by atoms with Gasteiger partial charge in [0.25, 0.3) is 0 Å². The van der Waals surface area contributed by atoms with Gasteiger partial charge in [0, 0.05) is 21.0 Å². The van der Waals surface area contributed by atoms with Crippen molar-refractivity contribution >= 4 is 39.0 Å². The summed E-state index contributed by atoms with van der Waals surface area (Å²) in [6.07, 6.45) is 1.52. The number of carbonyl (C=O) groups excluding carboxylic acids is 1. The number of amides is 1. The minimum atomic E-state index is -0.433. The Morgan fingerprint density at radius 3 is 2.73 bits per heavy atom. The summed E-state index contributed by atoms with van der Waals surface area (Å²) in [5.74, 6) is 1.11. The lowest BCUT2D eigenvalue weighted by Gasteiger charge is -2.11. The summed E-state index contributed by atoms with van der Waals surface area (Å²) in [5, 5.41) is 4.83. The van der Waals surface area contributed by atoms with Gasteiger partial charge in [0.1, 0.15) is 17.1 Å². The summed E-state index contributed by atoms with van der Waals surface area (Å²) in [7, 11) is 3.17. The number of hydrazone groups is 1. The van der Waals surface area contributed by atoms with E-state index in [1.165, 1.54) is 6.21 Å². The SMILES string of the molecule is COc1ccc(/C=N\NC(=O)c2cc3cc(Br)ccc3o2)c(OC)c1C. The lowest BCUT2D eigenvalue weighted by molar-refractivity contribution is 0.0929. The standard InChI is InChI=1S/C19H17BrN2O4/c1-11-15(24-2)6-4-12(18(11)25-3)10-21-22-19(23)17-9-13-8-14(20)5-7-16(13)26-17/h4-10H,1-3H3,(H,22,23)/b21-10-. The number of furan rings is 1. The van der Waals surface area contributed by atoms with Gasteiger partial charge in [-0.3, -0.25) is 4.79 Å². The van der Waals surface area contributed by atoms with E-state index in [4.69, 9.17) is 13.9 Å². The van der Waals surface area contributed by atoms with Crippen LogP contribution in [0.15, 0.2) is 50.4 Å². The van der Waals surface area contributed by atoms with Crippen molar-refractivity contribution in [1.82, 2.24) is 5.43 Å². The highest BCUT2D eigenvalue weighted by Gasteiger charge is 2.13. The molecule has 7 heteroatoms. The number of benzene rings is 2. The van der Waals surface area contributed by atoms with Crippen molar-refractivity contribution in [2.45, 2.75) is 6.92 Å². The molecule has 3 aromatic rings. The maximum absolute atomic E-state index is 12.2. The van der Waals surface area contributed by atoms with Gasteiger partial charge in [-0.15, -0.1) is 0 Å². The molecule has 0 unspecified atom stereocenters. The molecule has 0 bridgehead atoms. The normalized spacial score (nSPS) is 11.1. The first-order valence-corrected chi connectivity index (χ1v) is 8.57. The van der Waals surface area contributed by atoms with Crippen molar-refractivity contribution in [3.63, 3.8) is 0 Å². The van der Waals surface area contributed by atoms with E-state index in [9.17, 15) is 4.79 Å². The number of hydrogen-bond acceptors (Lipinski definition) is 5. The van der Waals surface area contributed by atoms with E-state index >= 15 is 0 Å². The van der Waals surface area contributed by atoms with Gasteiger partial charge in [0.15, 0.2) is 5.76 Å². The molecule has 0 atom stereocenters. The predicted molar refractivity (Wildman–Crippen MR) is 103 cm³/mol. The maximum atomic E-state index is 12.2. The Bertz CT molecular complexity index is 995. The van der Waals surface area contributed by atoms with Crippen molar-refractivity contribution < 1.29 is 18.7 Å². The zero-order valence-corrected chi connectivity index (χ0v) is 16.1. The van der Waals surface area contributed by atoms with Gasteiger partial charge in [-0.05, 0) is 43.3 Å². The fourth-order valence-electron chi connectivity index (χ4n) is 2.63. The first-order chi connectivity index (χ1) is 12.5. The van der Waals surface area contributed by atoms with Crippen molar-refractivity contribution in [3.05, 3.63) is 57.8 Å². The quantitative estimate of drug-likeness (QED) is 0.497. The largest absolute Gasteiger partial charge is 0.496 e. The number of nitrogens with zero attached hydrogens (tertiary/aromatic N) is 1. The molecule has 2 aromatic carbocycles. The highest BCUT2D eigenvalue weighted by Crippen LogP contribution is 2.30. The predicted octanol–water partition coefficient (Wildman–Crippen LogP) is 4.28. The van der Waals surface area contributed by atoms with E-state index in [0.29, 0.717) is 11.3 Å². The molecule has 134 valence electrons. The molecule has 6 nitrogen and oxygen atoms in total. The summed E-state index contributed by atoms with van der Waals surface area (Å²) in [4.78, 5) is 12.2. The van der Waals surface area contributed by atoms with Crippen LogP contribution in [-0.2, 0) is 0 Å². The molecule has 3 rings (SSSR count). The summed E-state index contributed by atoms with van der Waals surface area (Å²) in [6, 6.07) is 10.8. The van der Waals surface area contributed by atoms with Crippen LogP contribution in [0.2, 0.25) is 0 Å². The number of carbonyl (C=O) groups is 1. The van der Waals surface area contributed by atoms with Crippen LogP contribution < -0.4 is 14.9 Å². The van der Waals surface area contributed by atoms with E-state index in [2.05, 4.69) is 26.5 Å². The first kappa shape index (κ1) is 18.0. The molecule has 0 saturated carbocycles. The molecule has 1 aromatic heterocycles. The molecular formula is C19H17BrN2O4. The molecule has 1 heterocycles.